The normalized spacial score (nSPS) is 12.0. The summed E-state index contributed by atoms with van der Waals surface area (Å²) in [6.45, 7) is 1.76. The van der Waals surface area contributed by atoms with Crippen molar-refractivity contribution in [1.82, 2.24) is 14.5 Å². The SMILES string of the molecule is Cc1cnc2c(c1)nc(C(F)(F)F)n2CCCCC(=O)O. The molecule has 0 saturated carbocycles. The summed E-state index contributed by atoms with van der Waals surface area (Å²) in [5, 5.41) is 8.55. The van der Waals surface area contributed by atoms with Gasteiger partial charge in [0.2, 0.25) is 5.82 Å². The van der Waals surface area contributed by atoms with Crippen LogP contribution < -0.4 is 0 Å². The molecule has 2 aromatic heterocycles. The van der Waals surface area contributed by atoms with Crippen molar-refractivity contribution in [2.75, 3.05) is 0 Å². The van der Waals surface area contributed by atoms with Gasteiger partial charge in [0.15, 0.2) is 5.65 Å². The molecule has 8 heteroatoms. The number of rotatable bonds is 5. The number of aromatic nitrogens is 3. The van der Waals surface area contributed by atoms with Crippen molar-refractivity contribution in [3.05, 3.63) is 23.7 Å². The predicted molar refractivity (Wildman–Crippen MR) is 68.8 cm³/mol. The van der Waals surface area contributed by atoms with E-state index in [1.54, 1.807) is 13.0 Å². The molecule has 2 rings (SSSR count). The first kappa shape index (κ1) is 15.3. The van der Waals surface area contributed by atoms with Crippen molar-refractivity contribution < 1.29 is 23.1 Å². The molecule has 1 N–H and O–H groups in total. The maximum atomic E-state index is 13.0. The van der Waals surface area contributed by atoms with Crippen molar-refractivity contribution in [2.45, 2.75) is 38.9 Å². The summed E-state index contributed by atoms with van der Waals surface area (Å²) in [5.74, 6) is -1.96. The third-order valence-corrected chi connectivity index (χ3v) is 3.00. The topological polar surface area (TPSA) is 68.0 Å². The van der Waals surface area contributed by atoms with Crippen LogP contribution in [0.2, 0.25) is 0 Å². The lowest BCUT2D eigenvalue weighted by molar-refractivity contribution is -0.147. The molecule has 0 radical (unpaired) electrons. The number of aryl methyl sites for hydroxylation is 2. The van der Waals surface area contributed by atoms with Crippen LogP contribution in [0, 0.1) is 6.92 Å². The predicted octanol–water partition coefficient (Wildman–Crippen LogP) is 3.01. The number of unbranched alkanes of at least 4 members (excludes halogenated alkanes) is 1. The van der Waals surface area contributed by atoms with Crippen LogP contribution in [0.15, 0.2) is 12.3 Å². The zero-order valence-electron chi connectivity index (χ0n) is 11.3. The Morgan fingerprint density at radius 1 is 1.38 bits per heavy atom. The number of nitrogens with zero attached hydrogens (tertiary/aromatic N) is 3. The molecule has 0 spiro atoms. The quantitative estimate of drug-likeness (QED) is 0.862. The highest BCUT2D eigenvalue weighted by Crippen LogP contribution is 2.31. The van der Waals surface area contributed by atoms with Gasteiger partial charge in [-0.15, -0.1) is 0 Å². The average molecular weight is 301 g/mol. The van der Waals surface area contributed by atoms with Crippen LogP contribution in [-0.4, -0.2) is 25.6 Å². The number of carboxylic acid groups (broad SMARTS) is 1. The number of hydrogen-bond donors (Lipinski definition) is 1. The maximum absolute atomic E-state index is 13.0. The Bertz CT molecular complexity index is 664. The lowest BCUT2D eigenvalue weighted by Gasteiger charge is -2.10. The molecular weight excluding hydrogens is 287 g/mol. The Balaban J connectivity index is 2.32. The minimum atomic E-state index is -4.57. The zero-order valence-corrected chi connectivity index (χ0v) is 11.3. The zero-order chi connectivity index (χ0) is 15.6. The van der Waals surface area contributed by atoms with E-state index >= 15 is 0 Å². The lowest BCUT2D eigenvalue weighted by atomic mass is 10.2. The number of halogens is 3. The summed E-state index contributed by atoms with van der Waals surface area (Å²) in [4.78, 5) is 18.1. The smallest absolute Gasteiger partial charge is 0.449 e. The number of carboxylic acids is 1. The van der Waals surface area contributed by atoms with Crippen LogP contribution in [0.25, 0.3) is 11.2 Å². The molecule has 0 aliphatic rings. The molecule has 0 fully saturated rings. The molecule has 0 aliphatic heterocycles. The van der Waals surface area contributed by atoms with Gasteiger partial charge < -0.3 is 9.67 Å². The van der Waals surface area contributed by atoms with Gasteiger partial charge in [-0.2, -0.15) is 13.2 Å². The summed E-state index contributed by atoms with van der Waals surface area (Å²) >= 11 is 0. The number of aliphatic carboxylic acids is 1. The second-order valence-corrected chi connectivity index (χ2v) is 4.79. The fraction of sp³-hybridized carbons (Fsp3) is 0.462. The molecule has 0 amide bonds. The molecule has 0 saturated heterocycles. The van der Waals surface area contributed by atoms with Crippen molar-refractivity contribution >= 4 is 17.1 Å². The fourth-order valence-corrected chi connectivity index (χ4v) is 2.09. The van der Waals surface area contributed by atoms with Crippen LogP contribution in [0.4, 0.5) is 13.2 Å². The summed E-state index contributed by atoms with van der Waals surface area (Å²) in [5.41, 5.74) is 1.09. The molecule has 0 bridgehead atoms. The van der Waals surface area contributed by atoms with Crippen molar-refractivity contribution in [1.29, 1.82) is 0 Å². The van der Waals surface area contributed by atoms with E-state index in [1.165, 1.54) is 6.20 Å². The van der Waals surface area contributed by atoms with Crippen molar-refractivity contribution in [2.24, 2.45) is 0 Å². The van der Waals surface area contributed by atoms with Gasteiger partial charge >= 0.3 is 12.1 Å². The minimum absolute atomic E-state index is 0.0364. The van der Waals surface area contributed by atoms with Crippen molar-refractivity contribution in [3.8, 4) is 0 Å². The lowest BCUT2D eigenvalue weighted by Crippen LogP contribution is -2.15. The minimum Gasteiger partial charge on any atom is -0.481 e. The molecular formula is C13H14F3N3O2. The van der Waals surface area contributed by atoms with E-state index in [-0.39, 0.29) is 24.1 Å². The fourth-order valence-electron chi connectivity index (χ4n) is 2.09. The van der Waals surface area contributed by atoms with E-state index in [4.69, 9.17) is 5.11 Å². The van der Waals surface area contributed by atoms with E-state index in [0.29, 0.717) is 12.8 Å². The second-order valence-electron chi connectivity index (χ2n) is 4.79. The van der Waals surface area contributed by atoms with Gasteiger partial charge in [0.25, 0.3) is 0 Å². The third-order valence-electron chi connectivity index (χ3n) is 3.00. The van der Waals surface area contributed by atoms with Crippen LogP contribution >= 0.6 is 0 Å². The summed E-state index contributed by atoms with van der Waals surface area (Å²) in [6, 6.07) is 1.55. The largest absolute Gasteiger partial charge is 0.481 e. The Labute approximate surface area is 118 Å². The van der Waals surface area contributed by atoms with Crippen LogP contribution in [0.3, 0.4) is 0 Å². The van der Waals surface area contributed by atoms with Gasteiger partial charge in [-0.3, -0.25) is 4.79 Å². The Kier molecular flexibility index (Phi) is 4.15. The highest BCUT2D eigenvalue weighted by atomic mass is 19.4. The molecule has 21 heavy (non-hydrogen) atoms. The highest BCUT2D eigenvalue weighted by Gasteiger charge is 2.37. The summed E-state index contributed by atoms with van der Waals surface area (Å²) in [6.07, 6.45) is -2.53. The molecule has 0 unspecified atom stereocenters. The van der Waals surface area contributed by atoms with Gasteiger partial charge in [-0.05, 0) is 31.4 Å². The standard InChI is InChI=1S/C13H14F3N3O2/c1-8-6-9-11(17-7-8)19(5-3-2-4-10(20)21)12(18-9)13(14,15)16/h6-7H,2-5H2,1H3,(H,20,21). The van der Waals surface area contributed by atoms with Crippen LogP contribution in [0.1, 0.15) is 30.7 Å². The first-order valence-electron chi connectivity index (χ1n) is 6.41. The highest BCUT2D eigenvalue weighted by molar-refractivity contribution is 5.72. The van der Waals surface area contributed by atoms with E-state index in [0.717, 1.165) is 10.1 Å². The van der Waals surface area contributed by atoms with E-state index < -0.39 is 18.0 Å². The Morgan fingerprint density at radius 3 is 2.71 bits per heavy atom. The molecule has 0 aromatic carbocycles. The average Bonchev–Trinajstić information content (AvgIpc) is 2.72. The van der Waals surface area contributed by atoms with E-state index in [9.17, 15) is 18.0 Å². The van der Waals surface area contributed by atoms with Gasteiger partial charge in [0.05, 0.1) is 0 Å². The number of carbonyl (C=O) groups is 1. The Morgan fingerprint density at radius 2 is 2.10 bits per heavy atom. The third kappa shape index (κ3) is 3.50. The van der Waals surface area contributed by atoms with E-state index in [1.807, 2.05) is 0 Å². The molecule has 0 atom stereocenters. The maximum Gasteiger partial charge on any atom is 0.449 e. The number of hydrogen-bond acceptors (Lipinski definition) is 3. The van der Waals surface area contributed by atoms with Gasteiger partial charge in [-0.1, -0.05) is 0 Å². The van der Waals surface area contributed by atoms with Crippen molar-refractivity contribution in [3.63, 3.8) is 0 Å². The van der Waals surface area contributed by atoms with E-state index in [2.05, 4.69) is 9.97 Å². The summed E-state index contributed by atoms with van der Waals surface area (Å²) in [7, 11) is 0. The summed E-state index contributed by atoms with van der Waals surface area (Å²) < 4.78 is 40.1. The number of imidazole rings is 1. The van der Waals surface area contributed by atoms with Gasteiger partial charge in [0, 0.05) is 19.2 Å². The molecule has 5 nitrogen and oxygen atoms in total. The molecule has 114 valence electrons. The first-order chi connectivity index (χ1) is 9.79. The number of pyridine rings is 1. The van der Waals surface area contributed by atoms with Gasteiger partial charge in [-0.25, -0.2) is 9.97 Å². The van der Waals surface area contributed by atoms with Crippen LogP contribution in [-0.2, 0) is 17.5 Å². The second kappa shape index (κ2) is 5.71. The first-order valence-corrected chi connectivity index (χ1v) is 6.41. The molecule has 2 aromatic rings. The number of fused-ring (bicyclic) bond motifs is 1. The van der Waals surface area contributed by atoms with Gasteiger partial charge in [0.1, 0.15) is 5.52 Å². The molecule has 0 aliphatic carbocycles. The van der Waals surface area contributed by atoms with Crippen LogP contribution in [0.5, 0.6) is 0 Å². The number of alkyl halides is 3. The Hall–Kier alpha value is -2.12. The molecule has 2 heterocycles. The monoisotopic (exact) mass is 301 g/mol.